The second-order valence-electron chi connectivity index (χ2n) is 3.33. The van der Waals surface area contributed by atoms with E-state index >= 15 is 0 Å². The number of oxazole rings is 1. The van der Waals surface area contributed by atoms with Crippen LogP contribution < -0.4 is 0 Å². The van der Waals surface area contributed by atoms with E-state index in [-0.39, 0.29) is 5.89 Å². The van der Waals surface area contributed by atoms with Crippen molar-refractivity contribution in [1.82, 2.24) is 4.98 Å². The first-order valence-corrected chi connectivity index (χ1v) is 4.45. The second kappa shape index (κ2) is 4.16. The molecule has 0 aliphatic carbocycles. The summed E-state index contributed by atoms with van der Waals surface area (Å²) in [6.07, 6.45) is 3.05. The smallest absolute Gasteiger partial charge is 0.239 e. The number of rotatable bonds is 2. The fraction of sp³-hybridized carbons (Fsp3) is 0.250. The standard InChI is InChI=1S/C12H13NO2/c1-5-9(2)6-7-12(4,14)11-13-8-10(3)15-11/h5,8,14H,1-2H2,3-4H3. The van der Waals surface area contributed by atoms with Crippen LogP contribution >= 0.6 is 0 Å². The molecule has 0 aromatic carbocycles. The molecular weight excluding hydrogens is 190 g/mol. The molecule has 0 radical (unpaired) electrons. The third-order valence-electron chi connectivity index (χ3n) is 1.75. The fourth-order valence-corrected chi connectivity index (χ4v) is 0.886. The zero-order valence-corrected chi connectivity index (χ0v) is 8.87. The van der Waals surface area contributed by atoms with Gasteiger partial charge in [0, 0.05) is 5.57 Å². The number of aryl methyl sites for hydroxylation is 1. The Balaban J connectivity index is 2.96. The fourth-order valence-electron chi connectivity index (χ4n) is 0.886. The molecule has 1 N–H and O–H groups in total. The molecule has 0 saturated carbocycles. The van der Waals surface area contributed by atoms with Crippen LogP contribution in [0, 0.1) is 18.8 Å². The maximum Gasteiger partial charge on any atom is 0.239 e. The van der Waals surface area contributed by atoms with E-state index in [4.69, 9.17) is 4.42 Å². The monoisotopic (exact) mass is 203 g/mol. The van der Waals surface area contributed by atoms with Crippen LogP contribution in [0.2, 0.25) is 0 Å². The van der Waals surface area contributed by atoms with E-state index in [1.807, 2.05) is 0 Å². The van der Waals surface area contributed by atoms with Gasteiger partial charge in [-0.3, -0.25) is 0 Å². The number of aliphatic hydroxyl groups is 1. The van der Waals surface area contributed by atoms with Crippen molar-refractivity contribution >= 4 is 0 Å². The van der Waals surface area contributed by atoms with Crippen molar-refractivity contribution in [3.8, 4) is 11.8 Å². The molecule has 78 valence electrons. The SMILES string of the molecule is C=CC(=C)C#CC(C)(O)c1ncc(C)o1. The molecule has 1 aromatic heterocycles. The molecular formula is C12H13NO2. The molecule has 0 aliphatic rings. The van der Waals surface area contributed by atoms with Gasteiger partial charge in [0.25, 0.3) is 0 Å². The molecule has 0 aliphatic heterocycles. The molecule has 0 bridgehead atoms. The Bertz CT molecular complexity index is 444. The van der Waals surface area contributed by atoms with Gasteiger partial charge in [-0.05, 0) is 13.8 Å². The van der Waals surface area contributed by atoms with Gasteiger partial charge in [0.15, 0.2) is 5.60 Å². The van der Waals surface area contributed by atoms with Crippen LogP contribution in [0.5, 0.6) is 0 Å². The lowest BCUT2D eigenvalue weighted by molar-refractivity contribution is 0.0882. The lowest BCUT2D eigenvalue weighted by Crippen LogP contribution is -2.18. The molecule has 0 saturated heterocycles. The Labute approximate surface area is 89.1 Å². The maximum atomic E-state index is 9.94. The van der Waals surface area contributed by atoms with Gasteiger partial charge >= 0.3 is 0 Å². The van der Waals surface area contributed by atoms with Crippen LogP contribution in [0.1, 0.15) is 18.6 Å². The number of allylic oxidation sites excluding steroid dienone is 2. The van der Waals surface area contributed by atoms with Gasteiger partial charge in [-0.15, -0.1) is 0 Å². The third-order valence-corrected chi connectivity index (χ3v) is 1.75. The van der Waals surface area contributed by atoms with E-state index in [1.54, 1.807) is 6.92 Å². The van der Waals surface area contributed by atoms with Gasteiger partial charge in [-0.2, -0.15) is 0 Å². The average Bonchev–Trinajstić information content (AvgIpc) is 2.62. The quantitative estimate of drug-likeness (QED) is 0.590. The number of hydrogen-bond donors (Lipinski definition) is 1. The summed E-state index contributed by atoms with van der Waals surface area (Å²) in [7, 11) is 0. The number of aromatic nitrogens is 1. The first kappa shape index (κ1) is 11.3. The lowest BCUT2D eigenvalue weighted by atomic mass is 10.1. The minimum Gasteiger partial charge on any atom is -0.442 e. The predicted octanol–water partition coefficient (Wildman–Crippen LogP) is 1.94. The van der Waals surface area contributed by atoms with Gasteiger partial charge in [0.05, 0.1) is 6.20 Å². The minimum absolute atomic E-state index is 0.185. The lowest BCUT2D eigenvalue weighted by Gasteiger charge is -2.10. The van der Waals surface area contributed by atoms with Gasteiger partial charge in [0.2, 0.25) is 5.89 Å². The molecule has 1 unspecified atom stereocenters. The van der Waals surface area contributed by atoms with Crippen molar-refractivity contribution in [3.05, 3.63) is 42.7 Å². The van der Waals surface area contributed by atoms with Crippen LogP contribution in [0.25, 0.3) is 0 Å². The molecule has 15 heavy (non-hydrogen) atoms. The van der Waals surface area contributed by atoms with Crippen molar-refractivity contribution < 1.29 is 9.52 Å². The topological polar surface area (TPSA) is 46.3 Å². The van der Waals surface area contributed by atoms with Crippen molar-refractivity contribution in [2.75, 3.05) is 0 Å². The third kappa shape index (κ3) is 2.83. The molecule has 0 amide bonds. The summed E-state index contributed by atoms with van der Waals surface area (Å²) in [5.74, 6) is 6.10. The van der Waals surface area contributed by atoms with E-state index < -0.39 is 5.60 Å². The van der Waals surface area contributed by atoms with E-state index in [0.29, 0.717) is 11.3 Å². The van der Waals surface area contributed by atoms with Crippen molar-refractivity contribution in [2.24, 2.45) is 0 Å². The van der Waals surface area contributed by atoms with E-state index in [1.165, 1.54) is 19.2 Å². The van der Waals surface area contributed by atoms with Gasteiger partial charge in [-0.1, -0.05) is 31.1 Å². The molecule has 3 heteroatoms. The van der Waals surface area contributed by atoms with Crippen LogP contribution in [0.15, 0.2) is 35.4 Å². The Morgan fingerprint density at radius 2 is 2.40 bits per heavy atom. The number of nitrogens with zero attached hydrogens (tertiary/aromatic N) is 1. The summed E-state index contributed by atoms with van der Waals surface area (Å²) in [5, 5.41) is 9.94. The summed E-state index contributed by atoms with van der Waals surface area (Å²) in [6, 6.07) is 0. The van der Waals surface area contributed by atoms with E-state index in [9.17, 15) is 5.11 Å². The van der Waals surface area contributed by atoms with Crippen LogP contribution in [-0.4, -0.2) is 10.1 Å². The highest BCUT2D eigenvalue weighted by Gasteiger charge is 2.25. The van der Waals surface area contributed by atoms with Crippen molar-refractivity contribution in [3.63, 3.8) is 0 Å². The average molecular weight is 203 g/mol. The summed E-state index contributed by atoms with van der Waals surface area (Å²) < 4.78 is 5.20. The summed E-state index contributed by atoms with van der Waals surface area (Å²) >= 11 is 0. The Kier molecular flexibility index (Phi) is 3.13. The molecule has 0 spiro atoms. The minimum atomic E-state index is -1.40. The molecule has 0 fully saturated rings. The predicted molar refractivity (Wildman–Crippen MR) is 57.9 cm³/mol. The summed E-state index contributed by atoms with van der Waals surface area (Å²) in [4.78, 5) is 3.92. The highest BCUT2D eigenvalue weighted by molar-refractivity contribution is 5.37. The molecule has 1 heterocycles. The van der Waals surface area contributed by atoms with Gasteiger partial charge in [0.1, 0.15) is 5.76 Å². The summed E-state index contributed by atoms with van der Waals surface area (Å²) in [5.41, 5.74) is -0.862. The van der Waals surface area contributed by atoms with Crippen LogP contribution in [-0.2, 0) is 5.60 Å². The van der Waals surface area contributed by atoms with E-state index in [0.717, 1.165) is 0 Å². The van der Waals surface area contributed by atoms with E-state index in [2.05, 4.69) is 30.0 Å². The highest BCUT2D eigenvalue weighted by Crippen LogP contribution is 2.18. The van der Waals surface area contributed by atoms with Gasteiger partial charge < -0.3 is 9.52 Å². The normalized spacial score (nSPS) is 13.5. The van der Waals surface area contributed by atoms with Crippen molar-refractivity contribution in [2.45, 2.75) is 19.4 Å². The zero-order valence-electron chi connectivity index (χ0n) is 8.87. The van der Waals surface area contributed by atoms with Crippen molar-refractivity contribution in [1.29, 1.82) is 0 Å². The highest BCUT2D eigenvalue weighted by atomic mass is 16.4. The largest absolute Gasteiger partial charge is 0.442 e. The zero-order chi connectivity index (χ0) is 11.5. The molecule has 1 aromatic rings. The Morgan fingerprint density at radius 1 is 1.73 bits per heavy atom. The summed E-state index contributed by atoms with van der Waals surface area (Å²) in [6.45, 7) is 10.4. The maximum absolute atomic E-state index is 9.94. The molecule has 1 rings (SSSR count). The Hall–Kier alpha value is -1.79. The van der Waals surface area contributed by atoms with Gasteiger partial charge in [-0.25, -0.2) is 4.98 Å². The first-order valence-electron chi connectivity index (χ1n) is 4.45. The molecule has 1 atom stereocenters. The second-order valence-corrected chi connectivity index (χ2v) is 3.33. The Morgan fingerprint density at radius 3 is 2.87 bits per heavy atom. The first-order chi connectivity index (χ1) is 6.95. The van der Waals surface area contributed by atoms with Crippen LogP contribution in [0.4, 0.5) is 0 Å². The number of hydrogen-bond acceptors (Lipinski definition) is 3. The van der Waals surface area contributed by atoms with Crippen LogP contribution in [0.3, 0.4) is 0 Å². The molecule has 3 nitrogen and oxygen atoms in total.